The zero-order chi connectivity index (χ0) is 28.2. The summed E-state index contributed by atoms with van der Waals surface area (Å²) in [5, 5.41) is 0.722. The fourth-order valence-electron chi connectivity index (χ4n) is 2.42. The van der Waals surface area contributed by atoms with E-state index in [2.05, 4.69) is 42.6 Å². The number of thiocarbonyl (C=S) groups is 1. The lowest BCUT2D eigenvalue weighted by atomic mass is 10.1. The van der Waals surface area contributed by atoms with Gasteiger partial charge < -0.3 is 15.2 Å². The van der Waals surface area contributed by atoms with Gasteiger partial charge in [0, 0.05) is 16.5 Å². The van der Waals surface area contributed by atoms with E-state index in [1.807, 2.05) is 0 Å². The van der Waals surface area contributed by atoms with E-state index in [0.29, 0.717) is 38.6 Å². The molecule has 206 valence electrons. The minimum atomic E-state index is -4.44. The predicted octanol–water partition coefficient (Wildman–Crippen LogP) is 6.59. The van der Waals surface area contributed by atoms with Gasteiger partial charge in [0.15, 0.2) is 10.8 Å². The maximum Gasteiger partial charge on any atom is 0.443 e. The van der Waals surface area contributed by atoms with E-state index in [4.69, 9.17) is 5.73 Å². The average molecular weight is 636 g/mol. The standard InChI is InChI=1S/C12H8F3NO2S.C10H9BrO3.C2H5NS.CH4/c1-18-10(17)8-4-2-7(3-5-8)9-6-19-11(16-9)12(13,14)15;1-14-10(13)8-4-2-7(3-5-8)9(12)6-11;1-2(3)4;/h2-6H,1H3;2-5H,6H2,1H3;1H3,(H2,3,4);1H4. The molecule has 0 unspecified atom stereocenters. The van der Waals surface area contributed by atoms with E-state index >= 15 is 0 Å². The van der Waals surface area contributed by atoms with E-state index in [1.54, 1.807) is 31.2 Å². The van der Waals surface area contributed by atoms with Gasteiger partial charge in [-0.1, -0.05) is 59.8 Å². The Morgan fingerprint density at radius 1 is 0.947 bits per heavy atom. The number of aromatic nitrogens is 1. The first kappa shape index (κ1) is 34.8. The van der Waals surface area contributed by atoms with E-state index < -0.39 is 23.1 Å². The smallest absolute Gasteiger partial charge is 0.443 e. The van der Waals surface area contributed by atoms with Gasteiger partial charge in [0.25, 0.3) is 0 Å². The Morgan fingerprint density at radius 3 is 1.68 bits per heavy atom. The number of carbonyl (C=O) groups is 3. The molecule has 0 radical (unpaired) electrons. The molecule has 0 fully saturated rings. The van der Waals surface area contributed by atoms with Crippen molar-refractivity contribution < 1.29 is 37.0 Å². The predicted molar refractivity (Wildman–Crippen MR) is 149 cm³/mol. The molecule has 0 bridgehead atoms. The lowest BCUT2D eigenvalue weighted by Gasteiger charge is -2.01. The van der Waals surface area contributed by atoms with Crippen LogP contribution in [-0.4, -0.2) is 47.2 Å². The number of ketones is 1. The van der Waals surface area contributed by atoms with Crippen molar-refractivity contribution in [2.75, 3.05) is 19.5 Å². The molecule has 1 aromatic heterocycles. The van der Waals surface area contributed by atoms with Crippen LogP contribution in [-0.2, 0) is 15.7 Å². The number of alkyl halides is 4. The Bertz CT molecular complexity index is 1180. The molecule has 3 rings (SSSR count). The molecule has 3 aromatic rings. The van der Waals surface area contributed by atoms with Crippen LogP contribution in [0, 0.1) is 0 Å². The van der Waals surface area contributed by atoms with Crippen LogP contribution in [0.4, 0.5) is 13.2 Å². The second-order valence-electron chi connectivity index (χ2n) is 6.84. The van der Waals surface area contributed by atoms with Crippen molar-refractivity contribution in [3.8, 4) is 11.3 Å². The molecule has 0 aliphatic heterocycles. The molecule has 0 atom stereocenters. The van der Waals surface area contributed by atoms with Crippen molar-refractivity contribution >= 4 is 62.2 Å². The monoisotopic (exact) mass is 634 g/mol. The van der Waals surface area contributed by atoms with Crippen LogP contribution in [0.1, 0.15) is 50.4 Å². The quantitative estimate of drug-likeness (QED) is 0.145. The van der Waals surface area contributed by atoms with Gasteiger partial charge >= 0.3 is 18.1 Å². The fraction of sp³-hybridized carbons (Fsp3) is 0.240. The van der Waals surface area contributed by atoms with Gasteiger partial charge in [0.05, 0.1) is 41.4 Å². The van der Waals surface area contributed by atoms with Crippen LogP contribution in [0.25, 0.3) is 11.3 Å². The molecule has 0 spiro atoms. The molecular weight excluding hydrogens is 609 g/mol. The summed E-state index contributed by atoms with van der Waals surface area (Å²) < 4.78 is 46.3. The lowest BCUT2D eigenvalue weighted by Crippen LogP contribution is -2.03. The Kier molecular flexibility index (Phi) is 15.3. The fourth-order valence-corrected chi connectivity index (χ4v) is 3.44. The summed E-state index contributed by atoms with van der Waals surface area (Å²) in [4.78, 5) is 37.5. The highest BCUT2D eigenvalue weighted by Gasteiger charge is 2.34. The number of hydrogen-bond donors (Lipinski definition) is 1. The van der Waals surface area contributed by atoms with Crippen LogP contribution in [0.15, 0.2) is 53.9 Å². The van der Waals surface area contributed by atoms with Gasteiger partial charge in [-0.25, -0.2) is 14.6 Å². The highest BCUT2D eigenvalue weighted by atomic mass is 79.9. The largest absolute Gasteiger partial charge is 0.465 e. The average Bonchev–Trinajstić information content (AvgIpc) is 3.39. The number of benzene rings is 2. The van der Waals surface area contributed by atoms with Crippen LogP contribution in [0.5, 0.6) is 0 Å². The Labute approximate surface area is 236 Å². The number of Topliss-reactive ketones (excluding diaryl/α,β-unsaturated/α-hetero) is 1. The highest BCUT2D eigenvalue weighted by Crippen LogP contribution is 2.34. The maximum absolute atomic E-state index is 12.4. The van der Waals surface area contributed by atoms with Gasteiger partial charge in [-0.3, -0.25) is 4.79 Å². The van der Waals surface area contributed by atoms with Gasteiger partial charge in [0.2, 0.25) is 0 Å². The van der Waals surface area contributed by atoms with Crippen molar-refractivity contribution in [2.45, 2.75) is 20.5 Å². The summed E-state index contributed by atoms with van der Waals surface area (Å²) in [7, 11) is 2.58. The zero-order valence-electron chi connectivity index (χ0n) is 19.8. The molecule has 0 saturated carbocycles. The number of methoxy groups -OCH3 is 2. The molecule has 0 aliphatic rings. The number of halogens is 4. The zero-order valence-corrected chi connectivity index (χ0v) is 23.0. The first-order valence-corrected chi connectivity index (χ1v) is 12.5. The number of ether oxygens (including phenoxy) is 2. The summed E-state index contributed by atoms with van der Waals surface area (Å²) in [6.45, 7) is 1.68. The number of thiazole rings is 1. The number of rotatable bonds is 5. The van der Waals surface area contributed by atoms with Crippen LogP contribution in [0.2, 0.25) is 0 Å². The normalized spacial score (nSPS) is 9.87. The van der Waals surface area contributed by atoms with E-state index in [-0.39, 0.29) is 24.2 Å². The van der Waals surface area contributed by atoms with Crippen molar-refractivity contribution in [1.29, 1.82) is 0 Å². The SMILES string of the molecule is C.CC(N)=S.COC(=O)c1ccc(-c2csc(C(F)(F)F)n2)cc1.COC(=O)c1ccc(C(=O)CBr)cc1. The Morgan fingerprint density at radius 2 is 1.34 bits per heavy atom. The van der Waals surface area contributed by atoms with Crippen LogP contribution < -0.4 is 5.73 Å². The molecule has 0 amide bonds. The second kappa shape index (κ2) is 16.6. The summed E-state index contributed by atoms with van der Waals surface area (Å²) in [5.41, 5.74) is 6.94. The number of carbonyl (C=O) groups excluding carboxylic acids is 3. The summed E-state index contributed by atoms with van der Waals surface area (Å²) in [5.74, 6) is -0.912. The minimum Gasteiger partial charge on any atom is -0.465 e. The van der Waals surface area contributed by atoms with Gasteiger partial charge in [-0.15, -0.1) is 11.3 Å². The third-order valence-electron chi connectivity index (χ3n) is 4.10. The summed E-state index contributed by atoms with van der Waals surface area (Å²) in [6.07, 6.45) is -4.44. The highest BCUT2D eigenvalue weighted by molar-refractivity contribution is 9.09. The van der Waals surface area contributed by atoms with Crippen molar-refractivity contribution in [1.82, 2.24) is 4.98 Å². The molecule has 0 aliphatic carbocycles. The molecular formula is C25H26BrF3N2O5S2. The molecule has 38 heavy (non-hydrogen) atoms. The maximum atomic E-state index is 12.4. The molecule has 13 heteroatoms. The van der Waals surface area contributed by atoms with Gasteiger partial charge in [0.1, 0.15) is 0 Å². The van der Waals surface area contributed by atoms with Crippen molar-refractivity contribution in [3.63, 3.8) is 0 Å². The Balaban J connectivity index is 0.000000638. The first-order valence-electron chi connectivity index (χ1n) is 10.1. The van der Waals surface area contributed by atoms with Crippen LogP contribution in [0.3, 0.4) is 0 Å². The number of esters is 2. The second-order valence-corrected chi connectivity index (χ2v) is 8.90. The molecule has 7 nitrogen and oxygen atoms in total. The molecule has 1 heterocycles. The first-order chi connectivity index (χ1) is 17.3. The van der Waals surface area contributed by atoms with E-state index in [1.165, 1.54) is 43.9 Å². The minimum absolute atomic E-state index is 0. The van der Waals surface area contributed by atoms with E-state index in [0.717, 1.165) is 0 Å². The summed E-state index contributed by atoms with van der Waals surface area (Å²) in [6, 6.07) is 12.4. The van der Waals surface area contributed by atoms with Gasteiger partial charge in [-0.2, -0.15) is 13.2 Å². The van der Waals surface area contributed by atoms with Gasteiger partial charge in [-0.05, 0) is 31.2 Å². The molecule has 2 aromatic carbocycles. The summed E-state index contributed by atoms with van der Waals surface area (Å²) >= 11 is 7.92. The van der Waals surface area contributed by atoms with Crippen LogP contribution >= 0.6 is 39.5 Å². The third-order valence-corrected chi connectivity index (χ3v) is 5.49. The molecule has 2 N–H and O–H groups in total. The lowest BCUT2D eigenvalue weighted by molar-refractivity contribution is -0.137. The van der Waals surface area contributed by atoms with Crippen molar-refractivity contribution in [3.05, 3.63) is 75.6 Å². The number of hydrogen-bond acceptors (Lipinski definition) is 8. The van der Waals surface area contributed by atoms with E-state index in [9.17, 15) is 27.6 Å². The Hall–Kier alpha value is -3.16. The number of nitrogens with two attached hydrogens (primary N) is 1. The molecule has 0 saturated heterocycles. The topological polar surface area (TPSA) is 109 Å². The third kappa shape index (κ3) is 11.5. The van der Waals surface area contributed by atoms with Crippen molar-refractivity contribution in [2.24, 2.45) is 5.73 Å². The number of nitrogens with zero attached hydrogens (tertiary/aromatic N) is 1.